The van der Waals surface area contributed by atoms with Crippen LogP contribution in [0.4, 0.5) is 46.8 Å². The average molecular weight is 536 g/mol. The van der Waals surface area contributed by atoms with Crippen molar-refractivity contribution in [2.24, 2.45) is 11.8 Å². The van der Waals surface area contributed by atoms with Gasteiger partial charge in [-0.15, -0.1) is 5.10 Å². The van der Waals surface area contributed by atoms with Crippen LogP contribution in [0.1, 0.15) is 18.5 Å². The van der Waals surface area contributed by atoms with Crippen molar-refractivity contribution < 1.29 is 39.9 Å². The molecule has 200 valence electrons. The average Bonchev–Trinajstić information content (AvgIpc) is 3.32. The van der Waals surface area contributed by atoms with Crippen molar-refractivity contribution in [1.82, 2.24) is 19.6 Å². The SMILES string of the molecule is FC(F)(F)c1cc(N2CC3CCC(C2)C3Nc2nc3c(OCC(F)(F)C(F)(F)F)cccn3n2)ccn1. The molecule has 7 nitrogen and oxygen atoms in total. The van der Waals surface area contributed by atoms with Crippen molar-refractivity contribution in [3.05, 3.63) is 42.4 Å². The largest absolute Gasteiger partial charge is 0.483 e. The highest BCUT2D eigenvalue weighted by Gasteiger charge is 2.58. The summed E-state index contributed by atoms with van der Waals surface area (Å²) in [6.45, 7) is -0.924. The van der Waals surface area contributed by atoms with E-state index in [0.717, 1.165) is 25.1 Å². The first-order valence-electron chi connectivity index (χ1n) is 11.3. The van der Waals surface area contributed by atoms with Gasteiger partial charge in [0.1, 0.15) is 5.69 Å². The van der Waals surface area contributed by atoms with Crippen molar-refractivity contribution in [2.75, 3.05) is 29.9 Å². The van der Waals surface area contributed by atoms with E-state index in [1.165, 1.54) is 28.9 Å². The normalized spacial score (nSPS) is 22.5. The van der Waals surface area contributed by atoms with Crippen LogP contribution in [0.15, 0.2) is 36.7 Å². The number of piperidine rings is 1. The Kier molecular flexibility index (Phi) is 6.06. The van der Waals surface area contributed by atoms with Gasteiger partial charge in [-0.25, -0.2) is 4.52 Å². The molecule has 1 aliphatic heterocycles. The Morgan fingerprint density at radius 1 is 1.00 bits per heavy atom. The summed E-state index contributed by atoms with van der Waals surface area (Å²) in [5.74, 6) is -5.06. The van der Waals surface area contributed by atoms with E-state index in [-0.39, 0.29) is 35.2 Å². The third-order valence-corrected chi connectivity index (χ3v) is 6.68. The van der Waals surface area contributed by atoms with Crippen LogP contribution in [-0.4, -0.2) is 57.4 Å². The lowest BCUT2D eigenvalue weighted by Crippen LogP contribution is -2.48. The maximum atomic E-state index is 13.3. The van der Waals surface area contributed by atoms with Gasteiger partial charge < -0.3 is 15.0 Å². The second-order valence-corrected chi connectivity index (χ2v) is 9.14. The first kappa shape index (κ1) is 25.3. The van der Waals surface area contributed by atoms with E-state index >= 15 is 0 Å². The molecule has 37 heavy (non-hydrogen) atoms. The molecule has 1 saturated heterocycles. The quantitative estimate of drug-likeness (QED) is 0.445. The fourth-order valence-electron chi connectivity index (χ4n) is 4.90. The molecule has 0 spiro atoms. The molecule has 4 heterocycles. The second kappa shape index (κ2) is 8.87. The van der Waals surface area contributed by atoms with E-state index in [0.29, 0.717) is 18.8 Å². The summed E-state index contributed by atoms with van der Waals surface area (Å²) in [5, 5.41) is 7.45. The van der Waals surface area contributed by atoms with Gasteiger partial charge in [-0.3, -0.25) is 4.98 Å². The van der Waals surface area contributed by atoms with E-state index in [1.807, 2.05) is 4.90 Å². The molecule has 1 N–H and O–H groups in total. The molecular weight excluding hydrogens is 516 g/mol. The number of pyridine rings is 2. The van der Waals surface area contributed by atoms with Crippen LogP contribution >= 0.6 is 0 Å². The molecule has 2 aliphatic rings. The predicted molar refractivity (Wildman–Crippen MR) is 115 cm³/mol. The third kappa shape index (κ3) is 4.94. The van der Waals surface area contributed by atoms with Gasteiger partial charge in [0, 0.05) is 37.2 Å². The van der Waals surface area contributed by atoms with Gasteiger partial charge in [0.15, 0.2) is 18.0 Å². The number of rotatable bonds is 6. The Morgan fingerprint density at radius 3 is 2.35 bits per heavy atom. The molecule has 2 atom stereocenters. The summed E-state index contributed by atoms with van der Waals surface area (Å²) in [4.78, 5) is 9.52. The number of anilines is 2. The molecule has 15 heteroatoms. The van der Waals surface area contributed by atoms with Crippen LogP contribution in [0.3, 0.4) is 0 Å². The molecular formula is C22H20F8N6O. The highest BCUT2D eigenvalue weighted by Crippen LogP contribution is 2.41. The minimum Gasteiger partial charge on any atom is -0.483 e. The number of alkyl halides is 8. The summed E-state index contributed by atoms with van der Waals surface area (Å²) in [7, 11) is 0. The number of hydrogen-bond acceptors (Lipinski definition) is 6. The highest BCUT2D eigenvalue weighted by atomic mass is 19.4. The van der Waals surface area contributed by atoms with E-state index in [4.69, 9.17) is 4.74 Å². The van der Waals surface area contributed by atoms with Crippen LogP contribution < -0.4 is 15.0 Å². The molecule has 3 aromatic rings. The minimum atomic E-state index is -5.75. The standard InChI is InChI=1S/C22H20F8N6O/c23-20(24,22(28,29)30)11-37-15-2-1-7-36-18(15)33-19(34-36)32-17-12-3-4-13(17)10-35(9-12)14-5-6-31-16(8-14)21(25,26)27/h1-2,5-8,12-13,17H,3-4,9-11H2,(H,32,34). The zero-order valence-corrected chi connectivity index (χ0v) is 18.9. The lowest BCUT2D eigenvalue weighted by molar-refractivity contribution is -0.289. The van der Waals surface area contributed by atoms with Crippen LogP contribution in [0.25, 0.3) is 5.65 Å². The van der Waals surface area contributed by atoms with Crippen molar-refractivity contribution in [3.63, 3.8) is 0 Å². The van der Waals surface area contributed by atoms with Gasteiger partial charge >= 0.3 is 18.3 Å². The number of nitrogens with one attached hydrogen (secondary N) is 1. The summed E-state index contributed by atoms with van der Waals surface area (Å²) >= 11 is 0. The van der Waals surface area contributed by atoms with Crippen molar-refractivity contribution >= 4 is 17.3 Å². The van der Waals surface area contributed by atoms with Gasteiger partial charge in [-0.1, -0.05) is 0 Å². The Labute approximate surface area is 204 Å². The molecule has 0 amide bonds. The highest BCUT2D eigenvalue weighted by molar-refractivity contribution is 5.56. The van der Waals surface area contributed by atoms with Crippen molar-refractivity contribution in [2.45, 2.75) is 37.2 Å². The van der Waals surface area contributed by atoms with Crippen LogP contribution in [0, 0.1) is 11.8 Å². The molecule has 2 fully saturated rings. The first-order chi connectivity index (χ1) is 17.3. The zero-order chi connectivity index (χ0) is 26.6. The fourth-order valence-corrected chi connectivity index (χ4v) is 4.90. The Hall–Kier alpha value is -3.39. The number of ether oxygens (including phenoxy) is 1. The lowest BCUT2D eigenvalue weighted by atomic mass is 9.92. The summed E-state index contributed by atoms with van der Waals surface area (Å²) < 4.78 is 109. The molecule has 2 bridgehead atoms. The van der Waals surface area contributed by atoms with Gasteiger partial charge in [-0.05, 0) is 48.9 Å². The predicted octanol–water partition coefficient (Wildman–Crippen LogP) is 5.05. The molecule has 5 rings (SSSR count). The fraction of sp³-hybridized carbons (Fsp3) is 0.500. The Bertz CT molecular complexity index is 1260. The lowest BCUT2D eigenvalue weighted by Gasteiger charge is -2.39. The van der Waals surface area contributed by atoms with Crippen molar-refractivity contribution in [1.29, 1.82) is 0 Å². The van der Waals surface area contributed by atoms with E-state index in [1.54, 1.807) is 0 Å². The molecule has 1 aliphatic carbocycles. The second-order valence-electron chi connectivity index (χ2n) is 9.14. The summed E-state index contributed by atoms with van der Waals surface area (Å²) in [6, 6.07) is 5.05. The van der Waals surface area contributed by atoms with E-state index < -0.39 is 30.6 Å². The first-order valence-corrected chi connectivity index (χ1v) is 11.3. The maximum absolute atomic E-state index is 13.3. The number of halogens is 8. The monoisotopic (exact) mass is 536 g/mol. The third-order valence-electron chi connectivity index (χ3n) is 6.68. The summed E-state index contributed by atoms with van der Waals surface area (Å²) in [5.41, 5.74) is -0.567. The van der Waals surface area contributed by atoms with Gasteiger partial charge in [0.05, 0.1) is 0 Å². The number of nitrogens with zero attached hydrogens (tertiary/aromatic N) is 5. The number of fused-ring (bicyclic) bond motifs is 3. The summed E-state index contributed by atoms with van der Waals surface area (Å²) in [6.07, 6.45) is -6.07. The topological polar surface area (TPSA) is 67.6 Å². The Balaban J connectivity index is 1.29. The minimum absolute atomic E-state index is 0.0378. The molecule has 0 radical (unpaired) electrons. The maximum Gasteiger partial charge on any atom is 0.456 e. The van der Waals surface area contributed by atoms with Gasteiger partial charge in [0.2, 0.25) is 5.95 Å². The number of aromatic nitrogens is 4. The molecule has 0 aromatic carbocycles. The van der Waals surface area contributed by atoms with Crippen LogP contribution in [-0.2, 0) is 6.18 Å². The molecule has 2 unspecified atom stereocenters. The van der Waals surface area contributed by atoms with Crippen LogP contribution in [0.2, 0.25) is 0 Å². The molecule has 3 aromatic heterocycles. The van der Waals surface area contributed by atoms with Crippen molar-refractivity contribution in [3.8, 4) is 5.75 Å². The molecule has 1 saturated carbocycles. The van der Waals surface area contributed by atoms with E-state index in [2.05, 4.69) is 20.4 Å². The van der Waals surface area contributed by atoms with Crippen LogP contribution in [0.5, 0.6) is 5.75 Å². The Morgan fingerprint density at radius 2 is 1.70 bits per heavy atom. The van der Waals surface area contributed by atoms with E-state index in [9.17, 15) is 35.1 Å². The smallest absolute Gasteiger partial charge is 0.456 e. The zero-order valence-electron chi connectivity index (χ0n) is 18.9. The van der Waals surface area contributed by atoms with Gasteiger partial charge in [0.25, 0.3) is 0 Å². The van der Waals surface area contributed by atoms with Gasteiger partial charge in [-0.2, -0.15) is 40.1 Å². The number of hydrogen-bond donors (Lipinski definition) is 1.